The Balaban J connectivity index is 2.08. The monoisotopic (exact) mass is 290 g/mol. The van der Waals surface area contributed by atoms with Gasteiger partial charge in [0.15, 0.2) is 11.5 Å². The van der Waals surface area contributed by atoms with E-state index in [1.165, 1.54) is 6.07 Å². The molecular formula is C15H11ClO4. The first-order chi connectivity index (χ1) is 9.56. The Labute approximate surface area is 120 Å². The fraction of sp³-hybridized carbons (Fsp3) is 0.0667. The van der Waals surface area contributed by atoms with Crippen LogP contribution in [-0.2, 0) is 0 Å². The number of phenols is 3. The van der Waals surface area contributed by atoms with Crippen LogP contribution in [0, 0.1) is 0 Å². The van der Waals surface area contributed by atoms with Crippen molar-refractivity contribution in [2.75, 3.05) is 6.61 Å². The van der Waals surface area contributed by atoms with Gasteiger partial charge in [0, 0.05) is 5.56 Å². The summed E-state index contributed by atoms with van der Waals surface area (Å²) in [5.74, 6) is -0.131. The smallest absolute Gasteiger partial charge is 0.180 e. The number of fused-ring (bicyclic) bond motifs is 1. The third-order valence-electron chi connectivity index (χ3n) is 3.14. The molecular weight excluding hydrogens is 280 g/mol. The van der Waals surface area contributed by atoms with Gasteiger partial charge in [-0.1, -0.05) is 23.7 Å². The molecule has 0 bridgehead atoms. The lowest BCUT2D eigenvalue weighted by Gasteiger charge is -2.20. The van der Waals surface area contributed by atoms with Gasteiger partial charge in [-0.3, -0.25) is 0 Å². The molecule has 2 aromatic carbocycles. The van der Waals surface area contributed by atoms with E-state index in [2.05, 4.69) is 0 Å². The Morgan fingerprint density at radius 3 is 2.45 bits per heavy atom. The van der Waals surface area contributed by atoms with E-state index >= 15 is 0 Å². The summed E-state index contributed by atoms with van der Waals surface area (Å²) in [4.78, 5) is 0. The molecule has 1 aliphatic heterocycles. The summed E-state index contributed by atoms with van der Waals surface area (Å²) in [6, 6.07) is 8.13. The summed E-state index contributed by atoms with van der Waals surface area (Å²) < 4.78 is 5.55. The van der Waals surface area contributed by atoms with E-state index in [9.17, 15) is 15.3 Å². The Morgan fingerprint density at radius 2 is 1.75 bits per heavy atom. The van der Waals surface area contributed by atoms with Crippen LogP contribution in [0.25, 0.3) is 11.6 Å². The van der Waals surface area contributed by atoms with Crippen LogP contribution in [-0.4, -0.2) is 21.9 Å². The molecule has 0 amide bonds. The molecule has 3 N–H and O–H groups in total. The number of hydrogen-bond donors (Lipinski definition) is 3. The van der Waals surface area contributed by atoms with Gasteiger partial charge in [-0.05, 0) is 35.4 Å². The number of halogens is 1. The first kappa shape index (κ1) is 12.7. The number of rotatable bonds is 1. The molecule has 102 valence electrons. The van der Waals surface area contributed by atoms with Crippen LogP contribution in [0.15, 0.2) is 30.3 Å². The molecule has 0 saturated carbocycles. The van der Waals surface area contributed by atoms with Gasteiger partial charge < -0.3 is 20.1 Å². The molecule has 2 aromatic rings. The standard InChI is InChI=1S/C15H11ClO4/c16-13-14(19)12(18)6-9-5-10(7-20-15(9)13)8-1-3-11(17)4-2-8/h1-6,17-19H,7H2. The SMILES string of the molecule is Oc1ccc(C2=Cc3cc(O)c(O)c(Cl)c3OC2)cc1. The molecule has 0 fully saturated rings. The lowest BCUT2D eigenvalue weighted by molar-refractivity contribution is 0.356. The van der Waals surface area contributed by atoms with Crippen LogP contribution < -0.4 is 4.74 Å². The van der Waals surface area contributed by atoms with Crippen molar-refractivity contribution in [2.24, 2.45) is 0 Å². The Kier molecular flexibility index (Phi) is 2.95. The first-order valence-electron chi connectivity index (χ1n) is 5.93. The summed E-state index contributed by atoms with van der Waals surface area (Å²) in [6.45, 7) is 0.293. The maximum atomic E-state index is 9.60. The van der Waals surface area contributed by atoms with Gasteiger partial charge in [0.25, 0.3) is 0 Å². The molecule has 1 heterocycles. The normalized spacial score (nSPS) is 13.3. The predicted molar refractivity (Wildman–Crippen MR) is 76.3 cm³/mol. The number of benzene rings is 2. The summed E-state index contributed by atoms with van der Waals surface area (Å²) >= 11 is 5.93. The summed E-state index contributed by atoms with van der Waals surface area (Å²) in [7, 11) is 0. The van der Waals surface area contributed by atoms with Crippen LogP contribution in [0.1, 0.15) is 11.1 Å². The van der Waals surface area contributed by atoms with Crippen molar-refractivity contribution in [1.29, 1.82) is 0 Å². The summed E-state index contributed by atoms with van der Waals surface area (Å²) in [6.07, 6.45) is 1.83. The highest BCUT2D eigenvalue weighted by atomic mass is 35.5. The lowest BCUT2D eigenvalue weighted by Crippen LogP contribution is -2.07. The van der Waals surface area contributed by atoms with E-state index in [1.807, 2.05) is 6.08 Å². The second-order valence-corrected chi connectivity index (χ2v) is 4.86. The molecule has 0 aromatic heterocycles. The van der Waals surface area contributed by atoms with E-state index in [1.54, 1.807) is 24.3 Å². The second-order valence-electron chi connectivity index (χ2n) is 4.48. The van der Waals surface area contributed by atoms with Crippen LogP contribution in [0.4, 0.5) is 0 Å². The zero-order chi connectivity index (χ0) is 14.3. The van der Waals surface area contributed by atoms with Gasteiger partial charge in [0.1, 0.15) is 23.1 Å². The Bertz CT molecular complexity index is 705. The van der Waals surface area contributed by atoms with Gasteiger partial charge in [0.2, 0.25) is 0 Å². The van der Waals surface area contributed by atoms with Crippen LogP contribution in [0.2, 0.25) is 5.02 Å². The van der Waals surface area contributed by atoms with Crippen LogP contribution in [0.5, 0.6) is 23.0 Å². The molecule has 1 aliphatic rings. The molecule has 3 rings (SSSR count). The maximum Gasteiger partial charge on any atom is 0.180 e. The van der Waals surface area contributed by atoms with Crippen LogP contribution in [0.3, 0.4) is 0 Å². The Hall–Kier alpha value is -2.33. The van der Waals surface area contributed by atoms with Gasteiger partial charge in [0.05, 0.1) is 0 Å². The van der Waals surface area contributed by atoms with Crippen LogP contribution >= 0.6 is 11.6 Å². The minimum atomic E-state index is -0.382. The molecule has 0 unspecified atom stereocenters. The van der Waals surface area contributed by atoms with Gasteiger partial charge in [-0.25, -0.2) is 0 Å². The van der Waals surface area contributed by atoms with Crippen molar-refractivity contribution in [1.82, 2.24) is 0 Å². The molecule has 20 heavy (non-hydrogen) atoms. The largest absolute Gasteiger partial charge is 0.508 e. The van der Waals surface area contributed by atoms with Crippen molar-refractivity contribution in [3.63, 3.8) is 0 Å². The number of hydrogen-bond acceptors (Lipinski definition) is 4. The van der Waals surface area contributed by atoms with E-state index < -0.39 is 0 Å². The number of aromatic hydroxyl groups is 3. The molecule has 0 radical (unpaired) electrons. The van der Waals surface area contributed by atoms with E-state index in [4.69, 9.17) is 16.3 Å². The zero-order valence-corrected chi connectivity index (χ0v) is 11.1. The number of phenolic OH excluding ortho intramolecular Hbond substituents is 3. The second kappa shape index (κ2) is 4.65. The molecule has 0 atom stereocenters. The molecule has 5 heteroatoms. The van der Waals surface area contributed by atoms with Crippen molar-refractivity contribution >= 4 is 23.3 Å². The highest BCUT2D eigenvalue weighted by Gasteiger charge is 2.20. The average Bonchev–Trinajstić information content (AvgIpc) is 2.45. The first-order valence-corrected chi connectivity index (χ1v) is 6.31. The number of ether oxygens (including phenoxy) is 1. The molecule has 0 aliphatic carbocycles. The summed E-state index contributed by atoms with van der Waals surface area (Å²) in [5, 5.41) is 28.5. The fourth-order valence-corrected chi connectivity index (χ4v) is 2.36. The highest BCUT2D eigenvalue weighted by Crippen LogP contribution is 2.45. The zero-order valence-electron chi connectivity index (χ0n) is 10.3. The van der Waals surface area contributed by atoms with Crippen molar-refractivity contribution < 1.29 is 20.1 Å². The maximum absolute atomic E-state index is 9.60. The predicted octanol–water partition coefficient (Wildman–Crippen LogP) is 3.39. The highest BCUT2D eigenvalue weighted by molar-refractivity contribution is 6.34. The minimum absolute atomic E-state index is 0.000932. The summed E-state index contributed by atoms with van der Waals surface area (Å²) in [5.41, 5.74) is 2.38. The quantitative estimate of drug-likeness (QED) is 0.704. The van der Waals surface area contributed by atoms with Gasteiger partial charge >= 0.3 is 0 Å². The van der Waals surface area contributed by atoms with Crippen molar-refractivity contribution in [3.05, 3.63) is 46.5 Å². The fourth-order valence-electron chi connectivity index (χ4n) is 2.10. The third-order valence-corrected chi connectivity index (χ3v) is 3.49. The molecule has 0 saturated heterocycles. The minimum Gasteiger partial charge on any atom is -0.508 e. The van der Waals surface area contributed by atoms with E-state index in [0.29, 0.717) is 17.9 Å². The topological polar surface area (TPSA) is 69.9 Å². The molecule has 4 nitrogen and oxygen atoms in total. The van der Waals surface area contributed by atoms with Gasteiger partial charge in [-0.2, -0.15) is 0 Å². The van der Waals surface area contributed by atoms with Crippen molar-refractivity contribution in [2.45, 2.75) is 0 Å². The van der Waals surface area contributed by atoms with Crippen molar-refractivity contribution in [3.8, 4) is 23.0 Å². The third kappa shape index (κ3) is 2.04. The van der Waals surface area contributed by atoms with E-state index in [-0.39, 0.29) is 22.3 Å². The molecule has 0 spiro atoms. The lowest BCUT2D eigenvalue weighted by atomic mass is 10.0. The van der Waals surface area contributed by atoms with Gasteiger partial charge in [-0.15, -0.1) is 0 Å². The average molecular weight is 291 g/mol. The Morgan fingerprint density at radius 1 is 1.05 bits per heavy atom. The van der Waals surface area contributed by atoms with E-state index in [0.717, 1.165) is 11.1 Å².